The summed E-state index contributed by atoms with van der Waals surface area (Å²) >= 11 is 0. The number of hydrogen-bond donors (Lipinski definition) is 1. The Morgan fingerprint density at radius 2 is 1.56 bits per heavy atom. The lowest BCUT2D eigenvalue weighted by Crippen LogP contribution is -2.16. The average Bonchev–Trinajstić information content (AvgIpc) is 2.61. The summed E-state index contributed by atoms with van der Waals surface area (Å²) in [5.74, 6) is 0.729. The normalized spacial score (nSPS) is 11.3. The number of benzene rings is 2. The van der Waals surface area contributed by atoms with E-state index in [0.29, 0.717) is 10.6 Å². The Balaban J connectivity index is 1.84. The molecule has 2 aromatic carbocycles. The second-order valence-electron chi connectivity index (χ2n) is 6.63. The van der Waals surface area contributed by atoms with Gasteiger partial charge < -0.3 is 4.90 Å². The maximum atomic E-state index is 12.8. The summed E-state index contributed by atoms with van der Waals surface area (Å²) in [6.45, 7) is 5.57. The molecule has 0 spiro atoms. The highest BCUT2D eigenvalue weighted by atomic mass is 32.2. The van der Waals surface area contributed by atoms with Gasteiger partial charge in [0, 0.05) is 12.7 Å². The molecule has 1 heterocycles. The number of sulfonamides is 1. The number of aromatic nitrogens is 1. The molecule has 0 aliphatic rings. The van der Waals surface area contributed by atoms with Gasteiger partial charge in [0.1, 0.15) is 5.82 Å². The first kappa shape index (κ1) is 18.9. The van der Waals surface area contributed by atoms with Crippen LogP contribution in [0.5, 0.6) is 0 Å². The van der Waals surface area contributed by atoms with Crippen LogP contribution >= 0.6 is 0 Å². The Kier molecular flexibility index (Phi) is 5.19. The van der Waals surface area contributed by atoms with E-state index in [4.69, 9.17) is 0 Å². The van der Waals surface area contributed by atoms with Gasteiger partial charge in [-0.1, -0.05) is 35.9 Å². The molecule has 5 nitrogen and oxygen atoms in total. The summed E-state index contributed by atoms with van der Waals surface area (Å²) in [6.07, 6.45) is 1.53. The van der Waals surface area contributed by atoms with Crippen molar-refractivity contribution in [2.24, 2.45) is 0 Å². The Hall–Kier alpha value is -2.86. The summed E-state index contributed by atoms with van der Waals surface area (Å²) in [5, 5.41) is 0. The molecule has 6 heteroatoms. The molecule has 0 saturated carbocycles. The van der Waals surface area contributed by atoms with Gasteiger partial charge >= 0.3 is 0 Å². The van der Waals surface area contributed by atoms with E-state index in [0.717, 1.165) is 28.2 Å². The van der Waals surface area contributed by atoms with Gasteiger partial charge in [0.15, 0.2) is 0 Å². The Bertz CT molecular complexity index is 1020. The molecular formula is C21H23N3O2S. The number of nitrogens with one attached hydrogen (secondary N) is 1. The van der Waals surface area contributed by atoms with E-state index < -0.39 is 10.0 Å². The van der Waals surface area contributed by atoms with Crippen molar-refractivity contribution >= 4 is 27.2 Å². The number of hydrogen-bond acceptors (Lipinski definition) is 4. The van der Waals surface area contributed by atoms with Crippen LogP contribution in [0.3, 0.4) is 0 Å². The lowest BCUT2D eigenvalue weighted by molar-refractivity contribution is 0.600. The van der Waals surface area contributed by atoms with Crippen molar-refractivity contribution in [1.29, 1.82) is 0 Å². The van der Waals surface area contributed by atoms with Crippen LogP contribution in [-0.2, 0) is 10.0 Å². The largest absolute Gasteiger partial charge is 0.329 e. The van der Waals surface area contributed by atoms with Crippen molar-refractivity contribution in [3.8, 4) is 0 Å². The van der Waals surface area contributed by atoms with Crippen LogP contribution in [0.2, 0.25) is 0 Å². The summed E-state index contributed by atoms with van der Waals surface area (Å²) in [4.78, 5) is 6.65. The van der Waals surface area contributed by atoms with Crippen LogP contribution in [0.15, 0.2) is 65.7 Å². The lowest BCUT2D eigenvalue weighted by Gasteiger charge is -2.19. The van der Waals surface area contributed by atoms with Gasteiger partial charge in [0.05, 0.1) is 16.8 Å². The van der Waals surface area contributed by atoms with Crippen LogP contribution in [0.25, 0.3) is 0 Å². The second-order valence-corrected chi connectivity index (χ2v) is 8.25. The number of rotatable bonds is 5. The number of para-hydroxylation sites is 1. The van der Waals surface area contributed by atoms with E-state index in [1.165, 1.54) is 6.20 Å². The van der Waals surface area contributed by atoms with E-state index in [-0.39, 0.29) is 0 Å². The first-order chi connectivity index (χ1) is 12.8. The average molecular weight is 382 g/mol. The monoisotopic (exact) mass is 381 g/mol. The summed E-state index contributed by atoms with van der Waals surface area (Å²) in [7, 11) is -1.76. The Labute approximate surface area is 160 Å². The molecule has 3 aromatic rings. The van der Waals surface area contributed by atoms with Gasteiger partial charge in [-0.05, 0) is 56.2 Å². The molecule has 0 aliphatic heterocycles. The number of nitrogens with zero attached hydrogens (tertiary/aromatic N) is 2. The van der Waals surface area contributed by atoms with Gasteiger partial charge in [-0.25, -0.2) is 13.4 Å². The molecule has 0 fully saturated rings. The number of pyridine rings is 1. The molecule has 27 heavy (non-hydrogen) atoms. The van der Waals surface area contributed by atoms with E-state index in [1.807, 2.05) is 75.2 Å². The molecule has 0 saturated heterocycles. The van der Waals surface area contributed by atoms with E-state index in [1.54, 1.807) is 12.1 Å². The zero-order chi connectivity index (χ0) is 19.6. The molecule has 0 radical (unpaired) electrons. The van der Waals surface area contributed by atoms with Crippen molar-refractivity contribution in [1.82, 2.24) is 4.98 Å². The first-order valence-electron chi connectivity index (χ1n) is 8.63. The lowest BCUT2D eigenvalue weighted by atomic mass is 10.1. The first-order valence-corrected chi connectivity index (χ1v) is 10.1. The fourth-order valence-electron chi connectivity index (χ4n) is 3.23. The fourth-order valence-corrected chi connectivity index (χ4v) is 4.72. The highest BCUT2D eigenvalue weighted by Crippen LogP contribution is 2.26. The Morgan fingerprint density at radius 3 is 2.11 bits per heavy atom. The predicted molar refractivity (Wildman–Crippen MR) is 110 cm³/mol. The van der Waals surface area contributed by atoms with Crippen LogP contribution in [0.1, 0.15) is 16.7 Å². The molecule has 1 N–H and O–H groups in total. The zero-order valence-electron chi connectivity index (χ0n) is 15.9. The van der Waals surface area contributed by atoms with Crippen molar-refractivity contribution in [2.75, 3.05) is 16.7 Å². The van der Waals surface area contributed by atoms with Crippen LogP contribution in [0.4, 0.5) is 17.2 Å². The SMILES string of the molecule is Cc1cc(C)c(S(=O)(=O)Nc2ccc(N(C)c3ccccc3)nc2)c(C)c1. The second kappa shape index (κ2) is 7.40. The molecule has 0 unspecified atom stereocenters. The van der Waals surface area contributed by atoms with E-state index >= 15 is 0 Å². The van der Waals surface area contributed by atoms with E-state index in [2.05, 4.69) is 9.71 Å². The van der Waals surface area contributed by atoms with Crippen molar-refractivity contribution in [3.63, 3.8) is 0 Å². The molecule has 0 aliphatic carbocycles. The minimum atomic E-state index is -3.68. The third kappa shape index (κ3) is 4.11. The minimum absolute atomic E-state index is 0.318. The molecule has 3 rings (SSSR count). The fraction of sp³-hybridized carbons (Fsp3) is 0.190. The summed E-state index contributed by atoms with van der Waals surface area (Å²) in [6, 6.07) is 17.1. The van der Waals surface area contributed by atoms with Crippen LogP contribution in [-0.4, -0.2) is 20.4 Å². The topological polar surface area (TPSA) is 62.3 Å². The van der Waals surface area contributed by atoms with E-state index in [9.17, 15) is 8.42 Å². The van der Waals surface area contributed by atoms with Crippen LogP contribution < -0.4 is 9.62 Å². The molecule has 1 aromatic heterocycles. The summed E-state index contributed by atoms with van der Waals surface area (Å²) < 4.78 is 28.3. The zero-order valence-corrected chi connectivity index (χ0v) is 16.7. The van der Waals surface area contributed by atoms with Gasteiger partial charge in [-0.15, -0.1) is 0 Å². The van der Waals surface area contributed by atoms with Gasteiger partial charge in [0.2, 0.25) is 0 Å². The maximum absolute atomic E-state index is 12.8. The predicted octanol–water partition coefficient (Wildman–Crippen LogP) is 4.58. The molecule has 0 amide bonds. The molecule has 140 valence electrons. The van der Waals surface area contributed by atoms with Crippen molar-refractivity contribution in [2.45, 2.75) is 25.7 Å². The van der Waals surface area contributed by atoms with Gasteiger partial charge in [-0.2, -0.15) is 0 Å². The standard InChI is InChI=1S/C21H23N3O2S/c1-15-12-16(2)21(17(3)13-15)27(25,26)23-18-10-11-20(22-14-18)24(4)19-8-6-5-7-9-19/h5-14,23H,1-4H3. The third-order valence-corrected chi connectivity index (χ3v) is 6.05. The van der Waals surface area contributed by atoms with Gasteiger partial charge in [0.25, 0.3) is 10.0 Å². The van der Waals surface area contributed by atoms with Crippen molar-refractivity contribution in [3.05, 3.63) is 77.5 Å². The highest BCUT2D eigenvalue weighted by Gasteiger charge is 2.20. The van der Waals surface area contributed by atoms with Gasteiger partial charge in [-0.3, -0.25) is 4.72 Å². The van der Waals surface area contributed by atoms with Crippen molar-refractivity contribution < 1.29 is 8.42 Å². The Morgan fingerprint density at radius 1 is 0.926 bits per heavy atom. The number of aryl methyl sites for hydroxylation is 3. The maximum Gasteiger partial charge on any atom is 0.262 e. The third-order valence-electron chi connectivity index (χ3n) is 4.36. The molecular weight excluding hydrogens is 358 g/mol. The molecule has 0 atom stereocenters. The quantitative estimate of drug-likeness (QED) is 0.703. The minimum Gasteiger partial charge on any atom is -0.329 e. The number of anilines is 3. The highest BCUT2D eigenvalue weighted by molar-refractivity contribution is 7.92. The van der Waals surface area contributed by atoms with Crippen LogP contribution in [0, 0.1) is 20.8 Å². The summed E-state index contributed by atoms with van der Waals surface area (Å²) in [5.41, 5.74) is 3.93. The molecule has 0 bridgehead atoms. The smallest absolute Gasteiger partial charge is 0.262 e.